The molecule has 2 aromatic rings. The summed E-state index contributed by atoms with van der Waals surface area (Å²) in [7, 11) is 0. The second-order valence-corrected chi connectivity index (χ2v) is 9.04. The van der Waals surface area contributed by atoms with Crippen LogP contribution < -0.4 is 10.6 Å². The van der Waals surface area contributed by atoms with Crippen molar-refractivity contribution in [1.82, 2.24) is 20.4 Å². The zero-order valence-electron chi connectivity index (χ0n) is 18.6. The van der Waals surface area contributed by atoms with Crippen LogP contribution in [0.5, 0.6) is 0 Å². The Morgan fingerprint density at radius 3 is 2.43 bits per heavy atom. The number of carbonyl (C=O) groups is 5. The molecule has 1 atom stereocenters. The van der Waals surface area contributed by atoms with Crippen LogP contribution in [-0.2, 0) is 19.9 Å². The topological polar surface area (TPSA) is 116 Å². The second-order valence-electron chi connectivity index (χ2n) is 8.05. The first-order chi connectivity index (χ1) is 16.7. The summed E-state index contributed by atoms with van der Waals surface area (Å²) in [5, 5.41) is 4.61. The molecule has 0 radical (unpaired) electrons. The lowest BCUT2D eigenvalue weighted by atomic mass is 9.92. The number of nitrogens with zero attached hydrogens (tertiary/aromatic N) is 2. The number of nitrogens with one attached hydrogen (secondary N) is 2. The Balaban J connectivity index is 1.32. The van der Waals surface area contributed by atoms with Crippen molar-refractivity contribution in [1.29, 1.82) is 0 Å². The van der Waals surface area contributed by atoms with Gasteiger partial charge in [0.25, 0.3) is 17.1 Å². The molecule has 2 saturated heterocycles. The highest BCUT2D eigenvalue weighted by Crippen LogP contribution is 2.32. The molecule has 2 aliphatic rings. The SMILES string of the molecule is CC1(c2ccc(F)cc2)NC(=O)N(CC(=O)NCCN2C(=O)S/C(=C\c3ccccc3)C2=O)C1=O. The highest BCUT2D eigenvalue weighted by atomic mass is 32.2. The third kappa shape index (κ3) is 4.94. The lowest BCUT2D eigenvalue weighted by molar-refractivity contribution is -0.134. The van der Waals surface area contributed by atoms with Gasteiger partial charge in [0.1, 0.15) is 17.9 Å². The molecule has 0 spiro atoms. The van der Waals surface area contributed by atoms with Gasteiger partial charge in [-0.3, -0.25) is 29.0 Å². The lowest BCUT2D eigenvalue weighted by Gasteiger charge is -2.22. The first-order valence-electron chi connectivity index (χ1n) is 10.7. The van der Waals surface area contributed by atoms with Crippen LogP contribution in [0, 0.1) is 5.82 Å². The molecule has 2 aliphatic heterocycles. The van der Waals surface area contributed by atoms with E-state index in [1.165, 1.54) is 31.2 Å². The summed E-state index contributed by atoms with van der Waals surface area (Å²) in [6.45, 7) is 0.822. The lowest BCUT2D eigenvalue weighted by Crippen LogP contribution is -2.44. The number of imide groups is 2. The summed E-state index contributed by atoms with van der Waals surface area (Å²) in [6.07, 6.45) is 1.62. The van der Waals surface area contributed by atoms with E-state index < -0.39 is 46.9 Å². The van der Waals surface area contributed by atoms with Gasteiger partial charge < -0.3 is 10.6 Å². The number of carbonyl (C=O) groups excluding carboxylic acids is 5. The van der Waals surface area contributed by atoms with Crippen molar-refractivity contribution in [2.24, 2.45) is 0 Å². The second kappa shape index (κ2) is 9.71. The molecule has 1 unspecified atom stereocenters. The molecule has 6 amide bonds. The van der Waals surface area contributed by atoms with E-state index in [2.05, 4.69) is 10.6 Å². The molecule has 180 valence electrons. The summed E-state index contributed by atoms with van der Waals surface area (Å²) in [6, 6.07) is 13.5. The maximum atomic E-state index is 13.2. The number of benzene rings is 2. The number of rotatable bonds is 7. The fourth-order valence-corrected chi connectivity index (χ4v) is 4.58. The molecular formula is C24H21FN4O5S. The quantitative estimate of drug-likeness (QED) is 0.449. The number of hydrogen-bond donors (Lipinski definition) is 2. The number of urea groups is 1. The largest absolute Gasteiger partial charge is 0.353 e. The Hall–Kier alpha value is -3.99. The Morgan fingerprint density at radius 2 is 1.74 bits per heavy atom. The zero-order chi connectivity index (χ0) is 25.2. The molecule has 0 aromatic heterocycles. The van der Waals surface area contributed by atoms with Crippen LogP contribution >= 0.6 is 11.8 Å². The average Bonchev–Trinajstić information content (AvgIpc) is 3.22. The van der Waals surface area contributed by atoms with Gasteiger partial charge >= 0.3 is 6.03 Å². The van der Waals surface area contributed by atoms with Gasteiger partial charge in [-0.05, 0) is 48.0 Å². The standard InChI is InChI=1S/C24H21FN4O5S/c1-24(16-7-9-17(25)10-8-16)21(32)29(22(33)27-24)14-19(30)26-11-12-28-20(31)18(35-23(28)34)13-15-5-3-2-4-6-15/h2-10,13H,11-12,14H2,1H3,(H,26,30)(H,27,33)/b18-13-. The first kappa shape index (κ1) is 24.1. The molecule has 9 nitrogen and oxygen atoms in total. The average molecular weight is 497 g/mol. The van der Waals surface area contributed by atoms with Crippen molar-refractivity contribution in [2.45, 2.75) is 12.5 Å². The van der Waals surface area contributed by atoms with Crippen LogP contribution in [0.4, 0.5) is 14.0 Å². The van der Waals surface area contributed by atoms with Crippen molar-refractivity contribution in [3.63, 3.8) is 0 Å². The van der Waals surface area contributed by atoms with Gasteiger partial charge in [-0.25, -0.2) is 9.18 Å². The summed E-state index contributed by atoms with van der Waals surface area (Å²) in [4.78, 5) is 64.5. The molecule has 35 heavy (non-hydrogen) atoms. The van der Waals surface area contributed by atoms with E-state index in [9.17, 15) is 28.4 Å². The van der Waals surface area contributed by atoms with Gasteiger partial charge in [0.15, 0.2) is 0 Å². The van der Waals surface area contributed by atoms with E-state index in [-0.39, 0.29) is 18.0 Å². The zero-order valence-corrected chi connectivity index (χ0v) is 19.4. The van der Waals surface area contributed by atoms with Crippen molar-refractivity contribution in [3.8, 4) is 0 Å². The van der Waals surface area contributed by atoms with Crippen molar-refractivity contribution in [2.75, 3.05) is 19.6 Å². The van der Waals surface area contributed by atoms with E-state index in [1.54, 1.807) is 6.08 Å². The van der Waals surface area contributed by atoms with Gasteiger partial charge in [0.2, 0.25) is 5.91 Å². The summed E-state index contributed by atoms with van der Waals surface area (Å²) < 4.78 is 13.2. The summed E-state index contributed by atoms with van der Waals surface area (Å²) in [5.41, 5.74) is -0.270. The molecule has 2 heterocycles. The Kier molecular flexibility index (Phi) is 6.70. The fraction of sp³-hybridized carbons (Fsp3) is 0.208. The third-order valence-electron chi connectivity index (χ3n) is 5.63. The molecule has 0 bridgehead atoms. The molecule has 2 fully saturated rings. The molecule has 2 aromatic carbocycles. The first-order valence-corrected chi connectivity index (χ1v) is 11.5. The molecular weight excluding hydrogens is 475 g/mol. The van der Waals surface area contributed by atoms with Gasteiger partial charge in [0.05, 0.1) is 4.91 Å². The minimum atomic E-state index is -1.43. The van der Waals surface area contributed by atoms with Crippen molar-refractivity contribution in [3.05, 3.63) is 76.4 Å². The molecule has 0 aliphatic carbocycles. The van der Waals surface area contributed by atoms with Crippen molar-refractivity contribution < 1.29 is 28.4 Å². The van der Waals surface area contributed by atoms with Gasteiger partial charge in [0, 0.05) is 13.1 Å². The van der Waals surface area contributed by atoms with E-state index in [4.69, 9.17) is 0 Å². The van der Waals surface area contributed by atoms with Crippen LogP contribution in [0.3, 0.4) is 0 Å². The van der Waals surface area contributed by atoms with Gasteiger partial charge in [-0.2, -0.15) is 0 Å². The highest BCUT2D eigenvalue weighted by Gasteiger charge is 2.49. The Bertz CT molecular complexity index is 1230. The number of amides is 6. The third-order valence-corrected chi connectivity index (χ3v) is 6.53. The Morgan fingerprint density at radius 1 is 1.06 bits per heavy atom. The normalized spacial score (nSPS) is 21.1. The molecule has 2 N–H and O–H groups in total. The van der Waals surface area contributed by atoms with Crippen LogP contribution in [0.1, 0.15) is 18.1 Å². The molecule has 4 rings (SSSR count). The van der Waals surface area contributed by atoms with E-state index in [0.717, 1.165) is 27.1 Å². The van der Waals surface area contributed by atoms with E-state index in [1.807, 2.05) is 30.3 Å². The van der Waals surface area contributed by atoms with E-state index in [0.29, 0.717) is 5.56 Å². The Labute approximate surface area is 204 Å². The molecule has 11 heteroatoms. The smallest absolute Gasteiger partial charge is 0.325 e. The van der Waals surface area contributed by atoms with Crippen LogP contribution in [-0.4, -0.2) is 58.4 Å². The van der Waals surface area contributed by atoms with Crippen LogP contribution in [0.25, 0.3) is 6.08 Å². The van der Waals surface area contributed by atoms with Crippen LogP contribution in [0.15, 0.2) is 59.5 Å². The highest BCUT2D eigenvalue weighted by molar-refractivity contribution is 8.18. The summed E-state index contributed by atoms with van der Waals surface area (Å²) in [5.74, 6) is -2.23. The maximum Gasteiger partial charge on any atom is 0.325 e. The fourth-order valence-electron chi connectivity index (χ4n) is 3.72. The van der Waals surface area contributed by atoms with Gasteiger partial charge in [-0.1, -0.05) is 42.5 Å². The predicted octanol–water partition coefficient (Wildman–Crippen LogP) is 2.45. The predicted molar refractivity (Wildman–Crippen MR) is 126 cm³/mol. The van der Waals surface area contributed by atoms with Crippen molar-refractivity contribution >= 4 is 46.8 Å². The monoisotopic (exact) mass is 496 g/mol. The minimum Gasteiger partial charge on any atom is -0.353 e. The van der Waals surface area contributed by atoms with Crippen LogP contribution in [0.2, 0.25) is 0 Å². The van der Waals surface area contributed by atoms with Gasteiger partial charge in [-0.15, -0.1) is 0 Å². The number of halogens is 1. The number of thioether (sulfide) groups is 1. The summed E-state index contributed by atoms with van der Waals surface area (Å²) >= 11 is 0.817. The minimum absolute atomic E-state index is 0.0473. The maximum absolute atomic E-state index is 13.2. The van der Waals surface area contributed by atoms with E-state index >= 15 is 0 Å². The molecule has 0 saturated carbocycles. The number of hydrogen-bond acceptors (Lipinski definition) is 6.